The number of anilines is 1. The molecule has 1 atom stereocenters. The van der Waals surface area contributed by atoms with Gasteiger partial charge in [0.05, 0.1) is 23.0 Å². The van der Waals surface area contributed by atoms with E-state index in [1.807, 2.05) is 18.2 Å². The molecule has 1 N–H and O–H groups in total. The van der Waals surface area contributed by atoms with Crippen molar-refractivity contribution >= 4 is 27.7 Å². The molecule has 5 rings (SSSR count). The minimum absolute atomic E-state index is 0.0381. The molecule has 1 heterocycles. The molecule has 1 fully saturated rings. The van der Waals surface area contributed by atoms with E-state index in [1.54, 1.807) is 72.8 Å². The molecule has 0 aromatic heterocycles. The number of urea groups is 1. The van der Waals surface area contributed by atoms with E-state index in [2.05, 4.69) is 0 Å². The lowest BCUT2D eigenvalue weighted by Gasteiger charge is -2.24. The average molecular weight is 499 g/mol. The van der Waals surface area contributed by atoms with Crippen molar-refractivity contribution in [2.45, 2.75) is 10.9 Å². The van der Waals surface area contributed by atoms with E-state index >= 15 is 0 Å². The van der Waals surface area contributed by atoms with E-state index in [-0.39, 0.29) is 17.0 Å². The maximum absolute atomic E-state index is 13.6. The van der Waals surface area contributed by atoms with Crippen LogP contribution in [0.4, 0.5) is 10.5 Å². The lowest BCUT2D eigenvalue weighted by molar-refractivity contribution is 0.0697. The Morgan fingerprint density at radius 2 is 1.44 bits per heavy atom. The van der Waals surface area contributed by atoms with E-state index < -0.39 is 28.1 Å². The van der Waals surface area contributed by atoms with E-state index in [9.17, 15) is 23.1 Å². The second-order valence-corrected chi connectivity index (χ2v) is 10.2. The standard InChI is InChI=1S/C28H22N2O5S/c31-27(32)25-17-8-7-16-24(25)20-10-9-11-21(18-20)26-19-29(36(34,35)23-14-5-2-6-15-23)28(33)30(26)22-12-3-1-4-13-22/h1-18,26H,19H2,(H,31,32). The first-order valence-electron chi connectivity index (χ1n) is 11.3. The second-order valence-electron chi connectivity index (χ2n) is 8.33. The fourth-order valence-electron chi connectivity index (χ4n) is 4.46. The number of sulfonamides is 1. The summed E-state index contributed by atoms with van der Waals surface area (Å²) in [7, 11) is -4.09. The van der Waals surface area contributed by atoms with Crippen molar-refractivity contribution in [3.63, 3.8) is 0 Å². The molecule has 0 aliphatic carbocycles. The molecule has 1 saturated heterocycles. The molecule has 0 saturated carbocycles. The Kier molecular flexibility index (Phi) is 6.03. The van der Waals surface area contributed by atoms with E-state index in [0.717, 1.165) is 4.31 Å². The highest BCUT2D eigenvalue weighted by Gasteiger charge is 2.45. The molecule has 8 heteroatoms. The summed E-state index contributed by atoms with van der Waals surface area (Å²) in [6.45, 7) is -0.0883. The molecule has 0 spiro atoms. The molecule has 1 aliphatic rings. The maximum Gasteiger partial charge on any atom is 0.339 e. The van der Waals surface area contributed by atoms with Gasteiger partial charge in [-0.15, -0.1) is 0 Å². The number of rotatable bonds is 6. The van der Waals surface area contributed by atoms with Crippen LogP contribution in [0.1, 0.15) is 22.0 Å². The molecule has 4 aromatic rings. The zero-order valence-electron chi connectivity index (χ0n) is 19.1. The van der Waals surface area contributed by atoms with Crippen molar-refractivity contribution in [2.24, 2.45) is 0 Å². The average Bonchev–Trinajstić information content (AvgIpc) is 3.27. The van der Waals surface area contributed by atoms with Gasteiger partial charge in [0.2, 0.25) is 0 Å². The van der Waals surface area contributed by atoms with E-state index in [4.69, 9.17) is 0 Å². The van der Waals surface area contributed by atoms with Gasteiger partial charge >= 0.3 is 12.0 Å². The van der Waals surface area contributed by atoms with Gasteiger partial charge in [0.1, 0.15) is 0 Å². The number of hydrogen-bond acceptors (Lipinski definition) is 4. The second kappa shape index (κ2) is 9.31. The molecular formula is C28H22N2O5S. The Hall–Kier alpha value is -4.43. The Balaban J connectivity index is 1.61. The molecule has 0 radical (unpaired) electrons. The van der Waals surface area contributed by atoms with E-state index in [1.165, 1.54) is 23.1 Å². The Morgan fingerprint density at radius 1 is 0.806 bits per heavy atom. The number of carboxylic acids is 1. The van der Waals surface area contributed by atoms with Gasteiger partial charge in [0.25, 0.3) is 10.0 Å². The number of nitrogens with zero attached hydrogens (tertiary/aromatic N) is 2. The summed E-state index contributed by atoms with van der Waals surface area (Å²) in [4.78, 5) is 26.9. The number of benzene rings is 4. The number of aromatic carboxylic acids is 1. The number of carbonyl (C=O) groups excluding carboxylic acids is 1. The third-order valence-corrected chi connectivity index (χ3v) is 7.93. The minimum Gasteiger partial charge on any atom is -0.478 e. The molecule has 36 heavy (non-hydrogen) atoms. The van der Waals surface area contributed by atoms with Crippen molar-refractivity contribution in [3.8, 4) is 11.1 Å². The topological polar surface area (TPSA) is 95.0 Å². The molecule has 1 aliphatic heterocycles. The van der Waals surface area contributed by atoms with Crippen LogP contribution in [0, 0.1) is 0 Å². The van der Waals surface area contributed by atoms with Crippen LogP contribution in [0.25, 0.3) is 11.1 Å². The van der Waals surface area contributed by atoms with Crippen molar-refractivity contribution in [3.05, 3.63) is 120 Å². The van der Waals surface area contributed by atoms with Crippen LogP contribution < -0.4 is 4.90 Å². The zero-order chi connectivity index (χ0) is 25.3. The first-order chi connectivity index (χ1) is 17.4. The third-order valence-electron chi connectivity index (χ3n) is 6.18. The zero-order valence-corrected chi connectivity index (χ0v) is 19.9. The van der Waals surface area contributed by atoms with Crippen LogP contribution in [0.5, 0.6) is 0 Å². The van der Waals surface area contributed by atoms with Crippen LogP contribution in [0.3, 0.4) is 0 Å². The summed E-state index contributed by atoms with van der Waals surface area (Å²) in [5.41, 5.74) is 2.61. The fraction of sp³-hybridized carbons (Fsp3) is 0.0714. The molecular weight excluding hydrogens is 476 g/mol. The summed E-state index contributed by atoms with van der Waals surface area (Å²) >= 11 is 0. The molecule has 2 amide bonds. The van der Waals surface area contributed by atoms with Gasteiger partial charge < -0.3 is 5.11 Å². The number of para-hydroxylation sites is 1. The summed E-state index contributed by atoms with van der Waals surface area (Å²) in [6.07, 6.45) is 0. The quantitative estimate of drug-likeness (QED) is 0.383. The highest BCUT2D eigenvalue weighted by Crippen LogP contribution is 2.38. The molecule has 0 bridgehead atoms. The minimum atomic E-state index is -4.09. The monoisotopic (exact) mass is 498 g/mol. The van der Waals surface area contributed by atoms with Crippen LogP contribution in [0.2, 0.25) is 0 Å². The Labute approximate surface area is 208 Å². The van der Waals surface area contributed by atoms with Crippen LogP contribution in [-0.2, 0) is 10.0 Å². The summed E-state index contributed by atoms with van der Waals surface area (Å²) in [5, 5.41) is 9.64. The fourth-order valence-corrected chi connectivity index (χ4v) is 5.85. The molecule has 7 nitrogen and oxygen atoms in total. The van der Waals surface area contributed by atoms with Crippen LogP contribution >= 0.6 is 0 Å². The summed E-state index contributed by atoms with van der Waals surface area (Å²) in [6, 6.07) is 29.4. The Bertz CT molecular complexity index is 1540. The predicted molar refractivity (Wildman–Crippen MR) is 136 cm³/mol. The Morgan fingerprint density at radius 3 is 2.14 bits per heavy atom. The normalized spacial score (nSPS) is 15.8. The SMILES string of the molecule is O=C(O)c1ccccc1-c1cccc(C2CN(S(=O)(=O)c3ccccc3)C(=O)N2c2ccccc2)c1. The lowest BCUT2D eigenvalue weighted by Crippen LogP contribution is -2.36. The van der Waals surface area contributed by atoms with Crippen molar-refractivity contribution in [1.82, 2.24) is 4.31 Å². The van der Waals surface area contributed by atoms with Gasteiger partial charge in [-0.05, 0) is 53.1 Å². The summed E-state index contributed by atoms with van der Waals surface area (Å²) < 4.78 is 27.7. The van der Waals surface area contributed by atoms with Crippen LogP contribution in [-0.4, -0.2) is 36.4 Å². The van der Waals surface area contributed by atoms with Gasteiger partial charge in [0.15, 0.2) is 0 Å². The smallest absolute Gasteiger partial charge is 0.339 e. The molecule has 180 valence electrons. The van der Waals surface area contributed by atoms with Crippen LogP contribution in [0.15, 0.2) is 114 Å². The predicted octanol–water partition coefficient (Wildman–Crippen LogP) is 5.42. The third kappa shape index (κ3) is 4.12. The number of carboxylic acid groups (broad SMARTS) is 1. The number of hydrogen-bond donors (Lipinski definition) is 1. The van der Waals surface area contributed by atoms with Gasteiger partial charge in [0, 0.05) is 5.69 Å². The molecule has 1 unspecified atom stereocenters. The first kappa shape index (κ1) is 23.3. The molecule has 4 aromatic carbocycles. The van der Waals surface area contributed by atoms with Crippen molar-refractivity contribution < 1.29 is 23.1 Å². The van der Waals surface area contributed by atoms with E-state index in [0.29, 0.717) is 22.4 Å². The van der Waals surface area contributed by atoms with Crippen molar-refractivity contribution in [2.75, 3.05) is 11.4 Å². The number of carbonyl (C=O) groups is 2. The summed E-state index contributed by atoms with van der Waals surface area (Å²) in [5.74, 6) is -1.04. The van der Waals surface area contributed by atoms with Gasteiger partial charge in [-0.1, -0.05) is 72.8 Å². The van der Waals surface area contributed by atoms with Gasteiger partial charge in [-0.3, -0.25) is 4.90 Å². The maximum atomic E-state index is 13.6. The van der Waals surface area contributed by atoms with Gasteiger partial charge in [-0.25, -0.2) is 22.3 Å². The lowest BCUT2D eigenvalue weighted by atomic mass is 9.96. The highest BCUT2D eigenvalue weighted by atomic mass is 32.2. The van der Waals surface area contributed by atoms with Crippen molar-refractivity contribution in [1.29, 1.82) is 0 Å². The highest BCUT2D eigenvalue weighted by molar-refractivity contribution is 7.89. The van der Waals surface area contributed by atoms with Gasteiger partial charge in [-0.2, -0.15) is 0 Å². The first-order valence-corrected chi connectivity index (χ1v) is 12.7. The number of amides is 2. The largest absolute Gasteiger partial charge is 0.478 e.